The highest BCUT2D eigenvalue weighted by atomic mass is 127. The molecular formula is C34H45IN4O4S. The first-order valence-corrected chi connectivity index (χ1v) is 18.4. The average molecular weight is 733 g/mol. The smallest absolute Gasteiger partial charge is 0.175 e. The number of nitrogens with one attached hydrogen (secondary N) is 2. The van der Waals surface area contributed by atoms with E-state index in [1.54, 1.807) is 12.1 Å². The summed E-state index contributed by atoms with van der Waals surface area (Å²) in [6.45, 7) is 11.9. The van der Waals surface area contributed by atoms with Crippen molar-refractivity contribution in [3.63, 3.8) is 0 Å². The highest BCUT2D eigenvalue weighted by Gasteiger charge is 2.42. The van der Waals surface area contributed by atoms with Gasteiger partial charge in [0, 0.05) is 48.6 Å². The summed E-state index contributed by atoms with van der Waals surface area (Å²) < 4.78 is 37.3. The molecule has 0 bridgehead atoms. The van der Waals surface area contributed by atoms with E-state index in [2.05, 4.69) is 99.6 Å². The topological polar surface area (TPSA) is 84.8 Å². The van der Waals surface area contributed by atoms with Crippen LogP contribution in [-0.4, -0.2) is 73.2 Å². The minimum atomic E-state index is -3.32. The van der Waals surface area contributed by atoms with Gasteiger partial charge in [-0.3, -0.25) is 4.90 Å². The number of morpholine rings is 1. The van der Waals surface area contributed by atoms with Crippen molar-refractivity contribution in [1.82, 2.24) is 9.47 Å². The predicted molar refractivity (Wildman–Crippen MR) is 188 cm³/mol. The van der Waals surface area contributed by atoms with Gasteiger partial charge >= 0.3 is 0 Å². The Hall–Kier alpha value is -2.46. The van der Waals surface area contributed by atoms with Gasteiger partial charge in [0.2, 0.25) is 0 Å². The molecule has 10 heteroatoms. The maximum Gasteiger partial charge on any atom is 0.175 e. The first kappa shape index (κ1) is 32.9. The Morgan fingerprint density at radius 1 is 1.07 bits per heavy atom. The van der Waals surface area contributed by atoms with Crippen LogP contribution in [0.1, 0.15) is 52.1 Å². The molecule has 2 aliphatic rings. The van der Waals surface area contributed by atoms with Gasteiger partial charge in [0.1, 0.15) is 5.75 Å². The summed E-state index contributed by atoms with van der Waals surface area (Å²) in [5, 5.41) is 8.44. The highest BCUT2D eigenvalue weighted by molar-refractivity contribution is 14.1. The number of aromatic nitrogens is 1. The minimum Gasteiger partial charge on any atom is -0.495 e. The average Bonchev–Trinajstić information content (AvgIpc) is 3.34. The molecule has 238 valence electrons. The summed E-state index contributed by atoms with van der Waals surface area (Å²) in [4.78, 5) is 2.86. The van der Waals surface area contributed by atoms with Crippen LogP contribution in [0.3, 0.4) is 0 Å². The van der Waals surface area contributed by atoms with E-state index in [9.17, 15) is 8.42 Å². The minimum absolute atomic E-state index is 0.000533. The third-order valence-electron chi connectivity index (χ3n) is 8.93. The van der Waals surface area contributed by atoms with Crippen molar-refractivity contribution < 1.29 is 17.9 Å². The maximum atomic E-state index is 11.9. The van der Waals surface area contributed by atoms with Crippen LogP contribution in [-0.2, 0) is 21.1 Å². The van der Waals surface area contributed by atoms with Gasteiger partial charge in [0.05, 0.1) is 52.2 Å². The fourth-order valence-electron chi connectivity index (χ4n) is 6.35. The Kier molecular flexibility index (Phi) is 10.1. The van der Waals surface area contributed by atoms with Crippen molar-refractivity contribution in [2.75, 3.05) is 56.8 Å². The number of fused-ring (bicyclic) bond motifs is 1. The molecular weight excluding hydrogens is 687 g/mol. The quantitative estimate of drug-likeness (QED) is 0.114. The van der Waals surface area contributed by atoms with Crippen molar-refractivity contribution in [3.8, 4) is 17.6 Å². The molecule has 2 aromatic carbocycles. The zero-order valence-corrected chi connectivity index (χ0v) is 29.5. The number of ether oxygens (including phenoxy) is 2. The first-order chi connectivity index (χ1) is 20.9. The number of benzene rings is 2. The summed E-state index contributed by atoms with van der Waals surface area (Å²) in [5.41, 5.74) is 4.27. The second kappa shape index (κ2) is 13.5. The number of anilines is 2. The second-order valence-electron chi connectivity index (χ2n) is 12.7. The lowest BCUT2D eigenvalue weighted by Crippen LogP contribution is -2.55. The van der Waals surface area contributed by atoms with Crippen LogP contribution < -0.4 is 15.4 Å². The SMILES string of the molecule is COc1cc(S(C)(=O)=O)ccc1NCC#Cc1cc2c(NC3(I)CCC(C)(N4CCOCC4)CC3)cccc2n1CC(C)C. The number of halogens is 1. The molecule has 2 fully saturated rings. The normalized spacial score (nSPS) is 22.9. The molecule has 2 heterocycles. The van der Waals surface area contributed by atoms with Crippen LogP contribution in [0.5, 0.6) is 5.75 Å². The molecule has 1 aliphatic heterocycles. The summed E-state index contributed by atoms with van der Waals surface area (Å²) in [6.07, 6.45) is 5.74. The van der Waals surface area contributed by atoms with Crippen molar-refractivity contribution >= 4 is 54.7 Å². The number of hydrogen-bond donors (Lipinski definition) is 2. The number of rotatable bonds is 9. The van der Waals surface area contributed by atoms with Gasteiger partial charge in [0.15, 0.2) is 9.84 Å². The second-order valence-corrected chi connectivity index (χ2v) is 16.8. The van der Waals surface area contributed by atoms with E-state index in [1.807, 2.05) is 0 Å². The number of hydrogen-bond acceptors (Lipinski definition) is 7. The molecule has 1 aliphatic carbocycles. The number of alkyl halides is 1. The van der Waals surface area contributed by atoms with Crippen molar-refractivity contribution in [3.05, 3.63) is 48.2 Å². The Morgan fingerprint density at radius 3 is 2.45 bits per heavy atom. The molecule has 8 nitrogen and oxygen atoms in total. The van der Waals surface area contributed by atoms with E-state index in [0.29, 0.717) is 23.9 Å². The van der Waals surface area contributed by atoms with Crippen LogP contribution in [0.25, 0.3) is 10.9 Å². The molecule has 3 aromatic rings. The Labute approximate surface area is 276 Å². The van der Waals surface area contributed by atoms with E-state index < -0.39 is 9.84 Å². The first-order valence-electron chi connectivity index (χ1n) is 15.4. The summed E-state index contributed by atoms with van der Waals surface area (Å²) in [5.74, 6) is 7.62. The lowest BCUT2D eigenvalue weighted by atomic mass is 9.79. The van der Waals surface area contributed by atoms with Crippen LogP contribution in [0.4, 0.5) is 11.4 Å². The van der Waals surface area contributed by atoms with Crippen molar-refractivity contribution in [2.45, 2.75) is 67.0 Å². The molecule has 2 N–H and O–H groups in total. The maximum absolute atomic E-state index is 11.9. The van der Waals surface area contributed by atoms with Gasteiger partial charge in [-0.1, -0.05) is 48.4 Å². The van der Waals surface area contributed by atoms with Crippen LogP contribution in [0, 0.1) is 17.8 Å². The van der Waals surface area contributed by atoms with Gasteiger partial charge in [-0.05, 0) is 74.8 Å². The highest BCUT2D eigenvalue weighted by Crippen LogP contribution is 2.45. The number of methoxy groups -OCH3 is 1. The van der Waals surface area contributed by atoms with Crippen molar-refractivity contribution in [2.24, 2.45) is 5.92 Å². The van der Waals surface area contributed by atoms with Crippen LogP contribution in [0.2, 0.25) is 0 Å². The summed E-state index contributed by atoms with van der Waals surface area (Å²) >= 11 is 2.65. The molecule has 1 saturated carbocycles. The zero-order chi connectivity index (χ0) is 31.5. The molecule has 0 unspecified atom stereocenters. The lowest BCUT2D eigenvalue weighted by molar-refractivity contribution is -0.0311. The van der Waals surface area contributed by atoms with Gasteiger partial charge < -0.3 is 24.7 Å². The van der Waals surface area contributed by atoms with E-state index in [4.69, 9.17) is 9.47 Å². The largest absolute Gasteiger partial charge is 0.495 e. The third-order valence-corrected chi connectivity index (χ3v) is 11.4. The zero-order valence-electron chi connectivity index (χ0n) is 26.5. The molecule has 0 amide bonds. The third kappa shape index (κ3) is 7.49. The lowest BCUT2D eigenvalue weighted by Gasteiger charge is -2.49. The molecule has 0 atom stereocenters. The molecule has 44 heavy (non-hydrogen) atoms. The Bertz CT molecular complexity index is 1640. The van der Waals surface area contributed by atoms with Gasteiger partial charge in [0.25, 0.3) is 0 Å². The summed E-state index contributed by atoms with van der Waals surface area (Å²) in [7, 11) is -1.79. The van der Waals surface area contributed by atoms with Crippen LogP contribution in [0.15, 0.2) is 47.4 Å². The Balaban J connectivity index is 1.34. The fourth-order valence-corrected chi connectivity index (χ4v) is 7.82. The van der Waals surface area contributed by atoms with Gasteiger partial charge in [-0.25, -0.2) is 8.42 Å². The molecule has 1 saturated heterocycles. The van der Waals surface area contributed by atoms with Crippen molar-refractivity contribution in [1.29, 1.82) is 0 Å². The van der Waals surface area contributed by atoms with Gasteiger partial charge in [-0.15, -0.1) is 0 Å². The van der Waals surface area contributed by atoms with Crippen LogP contribution >= 0.6 is 22.6 Å². The molecule has 5 rings (SSSR count). The molecule has 0 radical (unpaired) electrons. The number of nitrogens with zero attached hydrogens (tertiary/aromatic N) is 2. The standard InChI is InChI=1S/C34H45IN4O4S/c1-25(2)24-39-26(8-7-17-36-30-12-11-27(44(5,40)41)23-32(30)42-4)22-28-29(9-6-10-31(28)39)37-34(35)15-13-33(3,14-16-34)38-18-20-43-21-19-38/h6,9-12,22-23,25,36-37H,13-21,24H2,1-5H3. The van der Waals surface area contributed by atoms with Gasteiger partial charge in [-0.2, -0.15) is 0 Å². The monoisotopic (exact) mass is 732 g/mol. The van der Waals surface area contributed by atoms with E-state index in [1.165, 1.54) is 43.2 Å². The van der Waals surface area contributed by atoms with E-state index >= 15 is 0 Å². The Morgan fingerprint density at radius 2 is 1.80 bits per heavy atom. The fraction of sp³-hybridized carbons (Fsp3) is 0.529. The van der Waals surface area contributed by atoms with E-state index in [-0.39, 0.29) is 14.0 Å². The van der Waals surface area contributed by atoms with E-state index in [0.717, 1.165) is 57.1 Å². The summed E-state index contributed by atoms with van der Waals surface area (Å²) in [6, 6.07) is 13.6. The number of sulfone groups is 1. The molecule has 1 aromatic heterocycles. The predicted octanol–water partition coefficient (Wildman–Crippen LogP) is 6.38. The molecule has 0 spiro atoms.